The van der Waals surface area contributed by atoms with Crippen LogP contribution in [0.5, 0.6) is 0 Å². The number of aromatic nitrogens is 2. The molecule has 1 aromatic carbocycles. The second kappa shape index (κ2) is 5.51. The van der Waals surface area contributed by atoms with Crippen LogP contribution < -0.4 is 5.56 Å². The normalized spacial score (nSPS) is 10.6. The molecular formula is C13H13FN2O3. The standard InChI is InChI=1S/C13H13FN2O3/c14-11-3-1-2-9(6-11)8-16-13(19)10(7-15-16)4-5-12(17)18/h1-3,6-7,15H,4-5,8H2,(H,17,18). The van der Waals surface area contributed by atoms with Gasteiger partial charge in [-0.3, -0.25) is 9.59 Å². The second-order valence-corrected chi connectivity index (χ2v) is 4.21. The van der Waals surface area contributed by atoms with Crippen molar-refractivity contribution in [1.82, 2.24) is 9.78 Å². The second-order valence-electron chi connectivity index (χ2n) is 4.21. The number of aliphatic carboxylic acids is 1. The van der Waals surface area contributed by atoms with E-state index in [2.05, 4.69) is 5.10 Å². The number of nitrogens with one attached hydrogen (secondary N) is 1. The van der Waals surface area contributed by atoms with Crippen LogP contribution >= 0.6 is 0 Å². The van der Waals surface area contributed by atoms with Gasteiger partial charge < -0.3 is 10.2 Å². The number of benzene rings is 1. The third-order valence-electron chi connectivity index (χ3n) is 2.75. The number of nitrogens with zero attached hydrogens (tertiary/aromatic N) is 1. The summed E-state index contributed by atoms with van der Waals surface area (Å²) in [6.07, 6.45) is 1.58. The molecule has 6 heteroatoms. The van der Waals surface area contributed by atoms with Crippen molar-refractivity contribution in [3.63, 3.8) is 0 Å². The molecule has 0 bridgehead atoms. The van der Waals surface area contributed by atoms with Gasteiger partial charge in [0, 0.05) is 18.2 Å². The molecule has 1 heterocycles. The Labute approximate surface area is 108 Å². The minimum atomic E-state index is -0.947. The molecule has 0 aliphatic carbocycles. The molecule has 0 aliphatic rings. The molecule has 1 aromatic heterocycles. The summed E-state index contributed by atoms with van der Waals surface area (Å²) >= 11 is 0. The van der Waals surface area contributed by atoms with E-state index >= 15 is 0 Å². The number of carboxylic acid groups (broad SMARTS) is 1. The summed E-state index contributed by atoms with van der Waals surface area (Å²) < 4.78 is 14.3. The van der Waals surface area contributed by atoms with Crippen molar-refractivity contribution in [3.8, 4) is 0 Å². The number of aryl methyl sites for hydroxylation is 1. The maximum Gasteiger partial charge on any atom is 0.303 e. The minimum absolute atomic E-state index is 0.0902. The Bertz CT molecular complexity index is 645. The Morgan fingerprint density at radius 1 is 1.42 bits per heavy atom. The Morgan fingerprint density at radius 3 is 2.89 bits per heavy atom. The number of hydrogen-bond acceptors (Lipinski definition) is 2. The summed E-state index contributed by atoms with van der Waals surface area (Å²) in [6, 6.07) is 5.97. The van der Waals surface area contributed by atoms with Crippen LogP contribution in [0.4, 0.5) is 4.39 Å². The molecule has 0 aliphatic heterocycles. The lowest BCUT2D eigenvalue weighted by molar-refractivity contribution is -0.136. The summed E-state index contributed by atoms with van der Waals surface area (Å²) in [7, 11) is 0. The summed E-state index contributed by atoms with van der Waals surface area (Å²) in [6.45, 7) is 0.226. The van der Waals surface area contributed by atoms with E-state index < -0.39 is 5.97 Å². The van der Waals surface area contributed by atoms with Crippen LogP contribution in [0.25, 0.3) is 0 Å². The molecule has 0 unspecified atom stereocenters. The third kappa shape index (κ3) is 3.31. The van der Waals surface area contributed by atoms with E-state index in [1.54, 1.807) is 12.1 Å². The molecule has 2 aromatic rings. The summed E-state index contributed by atoms with van der Waals surface area (Å²) in [4.78, 5) is 22.4. The number of carbonyl (C=O) groups is 1. The molecule has 19 heavy (non-hydrogen) atoms. The van der Waals surface area contributed by atoms with Gasteiger partial charge in [-0.05, 0) is 24.1 Å². The zero-order valence-electron chi connectivity index (χ0n) is 10.1. The molecule has 100 valence electrons. The Balaban J connectivity index is 2.14. The van der Waals surface area contributed by atoms with E-state index in [0.717, 1.165) is 0 Å². The van der Waals surface area contributed by atoms with Crippen molar-refractivity contribution in [2.45, 2.75) is 19.4 Å². The number of H-pyrrole nitrogens is 1. The van der Waals surface area contributed by atoms with Crippen molar-refractivity contribution >= 4 is 5.97 Å². The molecule has 0 fully saturated rings. The lowest BCUT2D eigenvalue weighted by Crippen LogP contribution is -2.20. The summed E-state index contributed by atoms with van der Waals surface area (Å²) in [5.74, 6) is -1.31. The fourth-order valence-electron chi connectivity index (χ4n) is 1.81. The number of rotatable bonds is 5. The molecular weight excluding hydrogens is 251 g/mol. The number of carboxylic acids is 1. The van der Waals surface area contributed by atoms with Crippen molar-refractivity contribution in [2.75, 3.05) is 0 Å². The van der Waals surface area contributed by atoms with Gasteiger partial charge in [0.25, 0.3) is 5.56 Å². The SMILES string of the molecule is O=C(O)CCc1c[nH]n(Cc2cccc(F)c2)c1=O. The third-order valence-corrected chi connectivity index (χ3v) is 2.75. The lowest BCUT2D eigenvalue weighted by atomic mass is 10.2. The quantitative estimate of drug-likeness (QED) is 0.856. The maximum absolute atomic E-state index is 13.0. The summed E-state index contributed by atoms with van der Waals surface area (Å²) in [5, 5.41) is 11.3. The molecule has 0 spiro atoms. The van der Waals surface area contributed by atoms with Gasteiger partial charge in [-0.2, -0.15) is 0 Å². The van der Waals surface area contributed by atoms with Gasteiger partial charge in [0.2, 0.25) is 0 Å². The Hall–Kier alpha value is -2.37. The van der Waals surface area contributed by atoms with E-state index in [1.807, 2.05) is 0 Å². The number of aromatic amines is 1. The van der Waals surface area contributed by atoms with Crippen LogP contribution in [0.2, 0.25) is 0 Å². The molecule has 0 saturated heterocycles. The van der Waals surface area contributed by atoms with E-state index in [4.69, 9.17) is 5.11 Å². The van der Waals surface area contributed by atoms with E-state index in [9.17, 15) is 14.0 Å². The highest BCUT2D eigenvalue weighted by Crippen LogP contribution is 2.05. The predicted octanol–water partition coefficient (Wildman–Crippen LogP) is 1.38. The predicted molar refractivity (Wildman–Crippen MR) is 66.5 cm³/mol. The minimum Gasteiger partial charge on any atom is -0.481 e. The van der Waals surface area contributed by atoms with Gasteiger partial charge >= 0.3 is 5.97 Å². The van der Waals surface area contributed by atoms with Crippen molar-refractivity contribution in [3.05, 3.63) is 57.8 Å². The molecule has 0 saturated carbocycles. The molecule has 0 atom stereocenters. The van der Waals surface area contributed by atoms with Gasteiger partial charge in [0.15, 0.2) is 0 Å². The zero-order chi connectivity index (χ0) is 13.8. The van der Waals surface area contributed by atoms with Crippen molar-refractivity contribution in [2.24, 2.45) is 0 Å². The highest BCUT2D eigenvalue weighted by Gasteiger charge is 2.08. The highest BCUT2D eigenvalue weighted by molar-refractivity contribution is 5.67. The average molecular weight is 264 g/mol. The van der Waals surface area contributed by atoms with Crippen LogP contribution in [0, 0.1) is 5.82 Å². The monoisotopic (exact) mass is 264 g/mol. The Kier molecular flexibility index (Phi) is 3.79. The summed E-state index contributed by atoms with van der Waals surface area (Å²) in [5.41, 5.74) is 0.804. The first-order chi connectivity index (χ1) is 9.06. The van der Waals surface area contributed by atoms with Gasteiger partial charge in [-0.25, -0.2) is 9.07 Å². The van der Waals surface area contributed by atoms with Gasteiger partial charge in [-0.15, -0.1) is 0 Å². The van der Waals surface area contributed by atoms with Crippen molar-refractivity contribution < 1.29 is 14.3 Å². The topological polar surface area (TPSA) is 75.1 Å². The molecule has 0 radical (unpaired) electrons. The lowest BCUT2D eigenvalue weighted by Gasteiger charge is -2.01. The fraction of sp³-hybridized carbons (Fsp3) is 0.231. The van der Waals surface area contributed by atoms with Gasteiger partial charge in [-0.1, -0.05) is 12.1 Å². The molecule has 2 rings (SSSR count). The first-order valence-corrected chi connectivity index (χ1v) is 5.79. The fourth-order valence-corrected chi connectivity index (χ4v) is 1.81. The van der Waals surface area contributed by atoms with E-state index in [0.29, 0.717) is 11.1 Å². The first-order valence-electron chi connectivity index (χ1n) is 5.79. The molecule has 5 nitrogen and oxygen atoms in total. The van der Waals surface area contributed by atoms with Crippen LogP contribution in [-0.2, 0) is 17.8 Å². The van der Waals surface area contributed by atoms with Crippen LogP contribution in [0.3, 0.4) is 0 Å². The Morgan fingerprint density at radius 2 is 2.21 bits per heavy atom. The zero-order valence-corrected chi connectivity index (χ0v) is 10.1. The molecule has 0 amide bonds. The van der Waals surface area contributed by atoms with Gasteiger partial charge in [0.1, 0.15) is 5.82 Å². The van der Waals surface area contributed by atoms with Crippen LogP contribution in [-0.4, -0.2) is 20.9 Å². The van der Waals surface area contributed by atoms with E-state index in [-0.39, 0.29) is 30.8 Å². The maximum atomic E-state index is 13.0. The smallest absolute Gasteiger partial charge is 0.303 e. The van der Waals surface area contributed by atoms with Crippen LogP contribution in [0.1, 0.15) is 17.5 Å². The number of hydrogen-bond donors (Lipinski definition) is 2. The van der Waals surface area contributed by atoms with E-state index in [1.165, 1.54) is 23.0 Å². The van der Waals surface area contributed by atoms with Crippen LogP contribution in [0.15, 0.2) is 35.3 Å². The highest BCUT2D eigenvalue weighted by atomic mass is 19.1. The van der Waals surface area contributed by atoms with Crippen molar-refractivity contribution in [1.29, 1.82) is 0 Å². The first kappa shape index (κ1) is 13.1. The molecule has 2 N–H and O–H groups in total. The largest absolute Gasteiger partial charge is 0.481 e. The van der Waals surface area contributed by atoms with Gasteiger partial charge in [0.05, 0.1) is 6.54 Å². The number of halogens is 1. The average Bonchev–Trinajstić information content (AvgIpc) is 2.68.